The van der Waals surface area contributed by atoms with Crippen LogP contribution in [0.15, 0.2) is 42.9 Å². The van der Waals surface area contributed by atoms with Crippen molar-refractivity contribution < 1.29 is 4.79 Å². The SMILES string of the molecule is Cn1ncc2c(N3CCN(C(=O)Cc4ccccc4)CC3)ncnc21. The fraction of sp³-hybridized carbons (Fsp3) is 0.333. The van der Waals surface area contributed by atoms with Crippen LogP contribution in [-0.4, -0.2) is 56.7 Å². The van der Waals surface area contributed by atoms with Gasteiger partial charge in [0.2, 0.25) is 5.91 Å². The van der Waals surface area contributed by atoms with Crippen molar-refractivity contribution in [1.29, 1.82) is 0 Å². The van der Waals surface area contributed by atoms with Gasteiger partial charge < -0.3 is 9.80 Å². The van der Waals surface area contributed by atoms with Gasteiger partial charge in [-0.25, -0.2) is 9.97 Å². The molecule has 1 aliphatic rings. The first-order chi connectivity index (χ1) is 12.2. The lowest BCUT2D eigenvalue weighted by Gasteiger charge is -2.35. The van der Waals surface area contributed by atoms with Crippen LogP contribution in [0.2, 0.25) is 0 Å². The summed E-state index contributed by atoms with van der Waals surface area (Å²) < 4.78 is 1.75. The predicted molar refractivity (Wildman–Crippen MR) is 95.2 cm³/mol. The molecule has 0 spiro atoms. The van der Waals surface area contributed by atoms with E-state index in [2.05, 4.69) is 20.0 Å². The molecule has 2 aromatic heterocycles. The third-order valence-electron chi connectivity index (χ3n) is 4.64. The van der Waals surface area contributed by atoms with Crippen molar-refractivity contribution in [2.75, 3.05) is 31.1 Å². The number of piperazine rings is 1. The van der Waals surface area contributed by atoms with Crippen molar-refractivity contribution in [1.82, 2.24) is 24.6 Å². The summed E-state index contributed by atoms with van der Waals surface area (Å²) in [5.41, 5.74) is 1.88. The molecular weight excluding hydrogens is 316 g/mol. The van der Waals surface area contributed by atoms with Gasteiger partial charge in [0.05, 0.1) is 18.0 Å². The Hall–Kier alpha value is -2.96. The second-order valence-electron chi connectivity index (χ2n) is 6.23. The van der Waals surface area contributed by atoms with Crippen molar-refractivity contribution in [3.8, 4) is 0 Å². The standard InChI is InChI=1S/C18H20N6O/c1-22-17-15(12-21-22)18(20-13-19-17)24-9-7-23(8-10-24)16(25)11-14-5-3-2-4-6-14/h2-6,12-13H,7-11H2,1H3. The lowest BCUT2D eigenvalue weighted by atomic mass is 10.1. The quantitative estimate of drug-likeness (QED) is 0.720. The maximum Gasteiger partial charge on any atom is 0.227 e. The molecule has 3 aromatic rings. The Kier molecular flexibility index (Phi) is 4.05. The Bertz CT molecular complexity index is 883. The smallest absolute Gasteiger partial charge is 0.227 e. The molecule has 0 bridgehead atoms. The van der Waals surface area contributed by atoms with Gasteiger partial charge in [-0.3, -0.25) is 9.48 Å². The highest BCUT2D eigenvalue weighted by Gasteiger charge is 2.23. The van der Waals surface area contributed by atoms with Crippen LogP contribution in [-0.2, 0) is 18.3 Å². The Morgan fingerprint density at radius 1 is 1.08 bits per heavy atom. The summed E-state index contributed by atoms with van der Waals surface area (Å²) in [5, 5.41) is 5.22. The van der Waals surface area contributed by atoms with Gasteiger partial charge in [-0.15, -0.1) is 0 Å². The number of carbonyl (C=O) groups is 1. The molecule has 1 amide bonds. The van der Waals surface area contributed by atoms with Crippen LogP contribution in [0.4, 0.5) is 5.82 Å². The maximum absolute atomic E-state index is 12.5. The number of aryl methyl sites for hydroxylation is 1. The second kappa shape index (κ2) is 6.51. The second-order valence-corrected chi connectivity index (χ2v) is 6.23. The molecule has 1 aromatic carbocycles. The molecule has 0 saturated carbocycles. The molecule has 0 radical (unpaired) electrons. The van der Waals surface area contributed by atoms with Crippen molar-refractivity contribution in [2.45, 2.75) is 6.42 Å². The molecule has 0 N–H and O–H groups in total. The topological polar surface area (TPSA) is 67.2 Å². The van der Waals surface area contributed by atoms with E-state index in [1.165, 1.54) is 0 Å². The van der Waals surface area contributed by atoms with Gasteiger partial charge in [0, 0.05) is 33.2 Å². The minimum Gasteiger partial charge on any atom is -0.352 e. The minimum atomic E-state index is 0.181. The van der Waals surface area contributed by atoms with Crippen LogP contribution in [0.3, 0.4) is 0 Å². The third kappa shape index (κ3) is 3.05. The number of carbonyl (C=O) groups excluding carboxylic acids is 1. The number of amides is 1. The highest BCUT2D eigenvalue weighted by molar-refractivity contribution is 5.87. The molecule has 1 saturated heterocycles. The number of anilines is 1. The molecule has 1 aliphatic heterocycles. The van der Waals surface area contributed by atoms with Gasteiger partial charge in [0.15, 0.2) is 5.65 Å². The Morgan fingerprint density at radius 3 is 2.60 bits per heavy atom. The highest BCUT2D eigenvalue weighted by atomic mass is 16.2. The molecule has 0 aliphatic carbocycles. The van der Waals surface area contributed by atoms with Gasteiger partial charge in [0.25, 0.3) is 0 Å². The largest absolute Gasteiger partial charge is 0.352 e. The average molecular weight is 336 g/mol. The number of rotatable bonds is 3. The number of benzene rings is 1. The van der Waals surface area contributed by atoms with Gasteiger partial charge in [-0.05, 0) is 5.56 Å². The number of nitrogens with zero attached hydrogens (tertiary/aromatic N) is 6. The van der Waals surface area contributed by atoms with E-state index in [4.69, 9.17) is 0 Å². The molecule has 0 unspecified atom stereocenters. The van der Waals surface area contributed by atoms with Crippen molar-refractivity contribution in [3.63, 3.8) is 0 Å². The number of hydrogen-bond donors (Lipinski definition) is 0. The number of aromatic nitrogens is 4. The number of fused-ring (bicyclic) bond motifs is 1. The summed E-state index contributed by atoms with van der Waals surface area (Å²) in [5.74, 6) is 1.08. The maximum atomic E-state index is 12.5. The minimum absolute atomic E-state index is 0.181. The third-order valence-corrected chi connectivity index (χ3v) is 4.64. The van der Waals surface area contributed by atoms with Crippen molar-refractivity contribution in [3.05, 3.63) is 48.4 Å². The number of hydrogen-bond acceptors (Lipinski definition) is 5. The van der Waals surface area contributed by atoms with E-state index in [1.807, 2.05) is 42.3 Å². The molecule has 1 fully saturated rings. The molecule has 128 valence electrons. The van der Waals surface area contributed by atoms with E-state index >= 15 is 0 Å². The van der Waals surface area contributed by atoms with E-state index < -0.39 is 0 Å². The first-order valence-corrected chi connectivity index (χ1v) is 8.42. The van der Waals surface area contributed by atoms with E-state index in [9.17, 15) is 4.79 Å². The normalized spacial score (nSPS) is 14.9. The average Bonchev–Trinajstić information content (AvgIpc) is 3.04. The summed E-state index contributed by atoms with van der Waals surface area (Å²) >= 11 is 0. The van der Waals surface area contributed by atoms with E-state index in [-0.39, 0.29) is 5.91 Å². The Labute approximate surface area is 145 Å². The predicted octanol–water partition coefficient (Wildman–Crippen LogP) is 1.25. The van der Waals surface area contributed by atoms with Crippen molar-refractivity contribution >= 4 is 22.8 Å². The lowest BCUT2D eigenvalue weighted by Crippen LogP contribution is -2.49. The van der Waals surface area contributed by atoms with Gasteiger partial charge in [-0.2, -0.15) is 5.10 Å². The van der Waals surface area contributed by atoms with Gasteiger partial charge >= 0.3 is 0 Å². The first kappa shape index (κ1) is 15.6. The zero-order valence-corrected chi connectivity index (χ0v) is 14.2. The first-order valence-electron chi connectivity index (χ1n) is 8.42. The van der Waals surface area contributed by atoms with Crippen LogP contribution in [0, 0.1) is 0 Å². The van der Waals surface area contributed by atoms with Gasteiger partial charge in [0.1, 0.15) is 12.1 Å². The van der Waals surface area contributed by atoms with E-state index in [1.54, 1.807) is 17.2 Å². The van der Waals surface area contributed by atoms with Crippen LogP contribution in [0.25, 0.3) is 11.0 Å². The highest BCUT2D eigenvalue weighted by Crippen LogP contribution is 2.23. The van der Waals surface area contributed by atoms with Crippen LogP contribution < -0.4 is 4.90 Å². The summed E-state index contributed by atoms with van der Waals surface area (Å²) in [4.78, 5) is 25.4. The summed E-state index contributed by atoms with van der Waals surface area (Å²) in [6.07, 6.45) is 3.84. The van der Waals surface area contributed by atoms with Crippen LogP contribution in [0.5, 0.6) is 0 Å². The molecule has 3 heterocycles. The summed E-state index contributed by atoms with van der Waals surface area (Å²) in [6, 6.07) is 9.89. The Morgan fingerprint density at radius 2 is 1.84 bits per heavy atom. The lowest BCUT2D eigenvalue weighted by molar-refractivity contribution is -0.130. The van der Waals surface area contributed by atoms with Gasteiger partial charge in [-0.1, -0.05) is 30.3 Å². The molecular formula is C18H20N6O. The molecule has 25 heavy (non-hydrogen) atoms. The Balaban J connectivity index is 1.43. The zero-order valence-electron chi connectivity index (χ0n) is 14.2. The summed E-state index contributed by atoms with van der Waals surface area (Å²) in [7, 11) is 1.87. The molecule has 0 atom stereocenters. The summed E-state index contributed by atoms with van der Waals surface area (Å²) in [6.45, 7) is 2.94. The zero-order chi connectivity index (χ0) is 17.2. The molecule has 4 rings (SSSR count). The van der Waals surface area contributed by atoms with E-state index in [0.717, 1.165) is 35.5 Å². The van der Waals surface area contributed by atoms with E-state index in [0.29, 0.717) is 19.5 Å². The molecule has 7 heteroatoms. The van der Waals surface area contributed by atoms with Crippen molar-refractivity contribution in [2.24, 2.45) is 7.05 Å². The molecule has 7 nitrogen and oxygen atoms in total. The monoisotopic (exact) mass is 336 g/mol. The fourth-order valence-corrected chi connectivity index (χ4v) is 3.25. The van der Waals surface area contributed by atoms with Crippen LogP contribution >= 0.6 is 0 Å². The van der Waals surface area contributed by atoms with Crippen LogP contribution in [0.1, 0.15) is 5.56 Å². The fourth-order valence-electron chi connectivity index (χ4n) is 3.25.